The van der Waals surface area contributed by atoms with Crippen LogP contribution in [0.15, 0.2) is 23.6 Å². The van der Waals surface area contributed by atoms with E-state index in [0.717, 1.165) is 27.8 Å². The number of aromatic nitrogens is 1. The van der Waals surface area contributed by atoms with Crippen molar-refractivity contribution < 1.29 is 9.47 Å². The van der Waals surface area contributed by atoms with E-state index in [0.29, 0.717) is 5.75 Å². The van der Waals surface area contributed by atoms with Crippen LogP contribution in [0.3, 0.4) is 0 Å². The highest BCUT2D eigenvalue weighted by molar-refractivity contribution is 7.79. The van der Waals surface area contributed by atoms with Gasteiger partial charge < -0.3 is 9.47 Å². The molecule has 0 spiro atoms. The van der Waals surface area contributed by atoms with E-state index in [1.54, 1.807) is 25.6 Å². The van der Waals surface area contributed by atoms with Crippen molar-refractivity contribution >= 4 is 24.0 Å². The summed E-state index contributed by atoms with van der Waals surface area (Å²) in [5, 5.41) is 3.00. The SMILES string of the molecule is COc1ccc(OC)c(-c2csc(CS)n2)c1. The lowest BCUT2D eigenvalue weighted by atomic mass is 10.1. The van der Waals surface area contributed by atoms with Crippen molar-refractivity contribution in [1.29, 1.82) is 0 Å². The minimum atomic E-state index is 0.650. The Kier molecular flexibility index (Phi) is 3.91. The molecule has 0 aliphatic heterocycles. The van der Waals surface area contributed by atoms with Crippen molar-refractivity contribution in [2.75, 3.05) is 14.2 Å². The molecule has 0 amide bonds. The van der Waals surface area contributed by atoms with E-state index in [1.165, 1.54) is 0 Å². The topological polar surface area (TPSA) is 31.4 Å². The van der Waals surface area contributed by atoms with Crippen LogP contribution in [0.5, 0.6) is 11.5 Å². The number of methoxy groups -OCH3 is 2. The van der Waals surface area contributed by atoms with Gasteiger partial charge in [-0.1, -0.05) is 0 Å². The van der Waals surface area contributed by atoms with Crippen LogP contribution in [-0.4, -0.2) is 19.2 Å². The molecule has 0 bridgehead atoms. The van der Waals surface area contributed by atoms with Gasteiger partial charge in [-0.15, -0.1) is 11.3 Å². The Balaban J connectivity index is 2.47. The van der Waals surface area contributed by atoms with Crippen molar-refractivity contribution in [2.24, 2.45) is 0 Å². The van der Waals surface area contributed by atoms with E-state index in [9.17, 15) is 0 Å². The fraction of sp³-hybridized carbons (Fsp3) is 0.250. The molecule has 5 heteroatoms. The number of thiol groups is 1. The summed E-state index contributed by atoms with van der Waals surface area (Å²) in [5.41, 5.74) is 1.84. The molecule has 0 atom stereocenters. The zero-order valence-corrected chi connectivity index (χ0v) is 11.3. The normalized spacial score (nSPS) is 10.3. The van der Waals surface area contributed by atoms with Crippen LogP contribution in [0, 0.1) is 0 Å². The van der Waals surface area contributed by atoms with Gasteiger partial charge in [-0.3, -0.25) is 0 Å². The van der Waals surface area contributed by atoms with E-state index < -0.39 is 0 Å². The van der Waals surface area contributed by atoms with Gasteiger partial charge in [0, 0.05) is 16.7 Å². The quantitative estimate of drug-likeness (QED) is 0.863. The molecule has 0 aliphatic carbocycles. The summed E-state index contributed by atoms with van der Waals surface area (Å²) in [4.78, 5) is 4.49. The van der Waals surface area contributed by atoms with Crippen LogP contribution in [0.4, 0.5) is 0 Å². The first-order chi connectivity index (χ1) is 8.28. The Morgan fingerprint density at radius 3 is 2.71 bits per heavy atom. The van der Waals surface area contributed by atoms with Gasteiger partial charge in [0.05, 0.1) is 19.9 Å². The predicted molar refractivity (Wildman–Crippen MR) is 73.3 cm³/mol. The number of rotatable bonds is 4. The van der Waals surface area contributed by atoms with Gasteiger partial charge in [0.15, 0.2) is 0 Å². The highest BCUT2D eigenvalue weighted by atomic mass is 32.1. The minimum Gasteiger partial charge on any atom is -0.497 e. The van der Waals surface area contributed by atoms with Crippen LogP contribution in [0.2, 0.25) is 0 Å². The number of hydrogen-bond donors (Lipinski definition) is 1. The first-order valence-corrected chi connectivity index (χ1v) is 6.57. The second kappa shape index (κ2) is 5.42. The van der Waals surface area contributed by atoms with E-state index in [1.807, 2.05) is 23.6 Å². The van der Waals surface area contributed by atoms with Crippen molar-refractivity contribution in [3.63, 3.8) is 0 Å². The summed E-state index contributed by atoms with van der Waals surface area (Å²) in [7, 11) is 3.29. The van der Waals surface area contributed by atoms with Crippen LogP contribution < -0.4 is 9.47 Å². The molecular formula is C12H13NO2S2. The maximum absolute atomic E-state index is 5.33. The van der Waals surface area contributed by atoms with E-state index in [2.05, 4.69) is 17.6 Å². The Hall–Kier alpha value is -1.20. The molecule has 0 unspecified atom stereocenters. The third-order valence-electron chi connectivity index (χ3n) is 2.37. The molecule has 0 saturated heterocycles. The number of benzene rings is 1. The Bertz CT molecular complexity index is 511. The molecule has 1 heterocycles. The zero-order valence-electron chi connectivity index (χ0n) is 9.64. The molecule has 1 aromatic heterocycles. The number of thiazole rings is 1. The molecule has 0 saturated carbocycles. The third-order valence-corrected chi connectivity index (χ3v) is 3.73. The standard InChI is InChI=1S/C12H13NO2S2/c1-14-8-3-4-11(15-2)9(5-8)10-7-17-12(6-16)13-10/h3-5,7,16H,6H2,1-2H3. The summed E-state index contributed by atoms with van der Waals surface area (Å²) in [5.74, 6) is 2.24. The molecule has 90 valence electrons. The average molecular weight is 267 g/mol. The van der Waals surface area contributed by atoms with E-state index >= 15 is 0 Å². The molecule has 1 aromatic carbocycles. The number of ether oxygens (including phenoxy) is 2. The highest BCUT2D eigenvalue weighted by Gasteiger charge is 2.10. The Morgan fingerprint density at radius 1 is 1.29 bits per heavy atom. The number of nitrogens with zero attached hydrogens (tertiary/aromatic N) is 1. The van der Waals surface area contributed by atoms with Crippen molar-refractivity contribution in [3.8, 4) is 22.8 Å². The summed E-state index contributed by atoms with van der Waals surface area (Å²) in [6.45, 7) is 0. The maximum atomic E-state index is 5.33. The minimum absolute atomic E-state index is 0.650. The van der Waals surface area contributed by atoms with Crippen LogP contribution in [-0.2, 0) is 5.75 Å². The fourth-order valence-electron chi connectivity index (χ4n) is 1.52. The summed E-state index contributed by atoms with van der Waals surface area (Å²) >= 11 is 5.81. The van der Waals surface area contributed by atoms with Gasteiger partial charge in [-0.2, -0.15) is 12.6 Å². The second-order valence-corrected chi connectivity index (χ2v) is 4.61. The Morgan fingerprint density at radius 2 is 2.12 bits per heavy atom. The summed E-state index contributed by atoms with van der Waals surface area (Å²) in [6, 6.07) is 5.68. The third kappa shape index (κ3) is 2.56. The summed E-state index contributed by atoms with van der Waals surface area (Å²) < 4.78 is 10.5. The molecule has 17 heavy (non-hydrogen) atoms. The molecule has 2 aromatic rings. The molecule has 0 radical (unpaired) electrons. The van der Waals surface area contributed by atoms with Gasteiger partial charge in [-0.25, -0.2) is 4.98 Å². The van der Waals surface area contributed by atoms with Gasteiger partial charge in [0.1, 0.15) is 16.5 Å². The van der Waals surface area contributed by atoms with Crippen molar-refractivity contribution in [3.05, 3.63) is 28.6 Å². The van der Waals surface area contributed by atoms with Gasteiger partial charge >= 0.3 is 0 Å². The molecule has 0 aliphatic rings. The molecular weight excluding hydrogens is 254 g/mol. The predicted octanol–water partition coefficient (Wildman–Crippen LogP) is 3.26. The first-order valence-electron chi connectivity index (χ1n) is 5.06. The van der Waals surface area contributed by atoms with Crippen molar-refractivity contribution in [1.82, 2.24) is 4.98 Å². The summed E-state index contributed by atoms with van der Waals surface area (Å²) in [6.07, 6.45) is 0. The number of hydrogen-bond acceptors (Lipinski definition) is 5. The van der Waals surface area contributed by atoms with Crippen LogP contribution in [0.1, 0.15) is 5.01 Å². The molecule has 2 rings (SSSR count). The fourth-order valence-corrected chi connectivity index (χ4v) is 2.47. The van der Waals surface area contributed by atoms with Crippen molar-refractivity contribution in [2.45, 2.75) is 5.75 Å². The van der Waals surface area contributed by atoms with E-state index in [4.69, 9.17) is 9.47 Å². The average Bonchev–Trinajstić information content (AvgIpc) is 2.86. The molecule has 3 nitrogen and oxygen atoms in total. The van der Waals surface area contributed by atoms with Gasteiger partial charge in [0.2, 0.25) is 0 Å². The van der Waals surface area contributed by atoms with Gasteiger partial charge in [0.25, 0.3) is 0 Å². The smallest absolute Gasteiger partial charge is 0.128 e. The lowest BCUT2D eigenvalue weighted by Gasteiger charge is -2.08. The maximum Gasteiger partial charge on any atom is 0.128 e. The second-order valence-electron chi connectivity index (χ2n) is 3.35. The monoisotopic (exact) mass is 267 g/mol. The zero-order chi connectivity index (χ0) is 12.3. The van der Waals surface area contributed by atoms with Crippen LogP contribution in [0.25, 0.3) is 11.3 Å². The van der Waals surface area contributed by atoms with E-state index in [-0.39, 0.29) is 0 Å². The highest BCUT2D eigenvalue weighted by Crippen LogP contribution is 2.34. The largest absolute Gasteiger partial charge is 0.497 e. The first kappa shape index (κ1) is 12.3. The lowest BCUT2D eigenvalue weighted by Crippen LogP contribution is -1.90. The van der Waals surface area contributed by atoms with Crippen LogP contribution >= 0.6 is 24.0 Å². The molecule has 0 N–H and O–H groups in total. The lowest BCUT2D eigenvalue weighted by molar-refractivity contribution is 0.404. The van der Waals surface area contributed by atoms with Gasteiger partial charge in [-0.05, 0) is 18.2 Å². The Labute approximate surface area is 110 Å². The molecule has 0 fully saturated rings.